The molecule has 0 aliphatic carbocycles. The molecule has 0 bridgehead atoms. The summed E-state index contributed by atoms with van der Waals surface area (Å²) in [7, 11) is 1.77. The second-order valence-electron chi connectivity index (χ2n) is 5.63. The van der Waals surface area contributed by atoms with E-state index in [0.717, 1.165) is 17.5 Å². The number of hydrogen-bond donors (Lipinski definition) is 2. The van der Waals surface area contributed by atoms with Crippen molar-refractivity contribution in [2.24, 2.45) is 10.9 Å². The van der Waals surface area contributed by atoms with Crippen molar-refractivity contribution in [2.45, 2.75) is 32.9 Å². The minimum absolute atomic E-state index is 0. The molecule has 1 aliphatic rings. The van der Waals surface area contributed by atoms with Gasteiger partial charge in [-0.3, -0.25) is 4.99 Å². The van der Waals surface area contributed by atoms with Gasteiger partial charge in [0, 0.05) is 13.1 Å². The van der Waals surface area contributed by atoms with E-state index in [9.17, 15) is 0 Å². The summed E-state index contributed by atoms with van der Waals surface area (Å²) in [6.45, 7) is 7.70. The summed E-state index contributed by atoms with van der Waals surface area (Å²) in [5, 5.41) is 6.66. The summed E-state index contributed by atoms with van der Waals surface area (Å²) in [4.78, 5) is 4.24. The second-order valence-corrected chi connectivity index (χ2v) is 5.63. The highest BCUT2D eigenvalue weighted by Crippen LogP contribution is 2.30. The van der Waals surface area contributed by atoms with E-state index < -0.39 is 0 Å². The summed E-state index contributed by atoms with van der Waals surface area (Å²) in [6.07, 6.45) is -0.0205. The van der Waals surface area contributed by atoms with Crippen molar-refractivity contribution in [3.8, 4) is 11.5 Å². The number of para-hydroxylation sites is 2. The van der Waals surface area contributed by atoms with Gasteiger partial charge in [0.05, 0.1) is 6.54 Å². The fourth-order valence-corrected chi connectivity index (χ4v) is 1.95. The highest BCUT2D eigenvalue weighted by Gasteiger charge is 2.21. The molecule has 1 aromatic carbocycles. The first-order chi connectivity index (χ1) is 10.1. The maximum atomic E-state index is 5.91. The normalized spacial score (nSPS) is 18.4. The molecule has 124 valence electrons. The van der Waals surface area contributed by atoms with Crippen molar-refractivity contribution in [2.75, 3.05) is 20.2 Å². The average Bonchev–Trinajstić information content (AvgIpc) is 2.50. The Kier molecular flexibility index (Phi) is 7.78. The Morgan fingerprint density at radius 3 is 2.59 bits per heavy atom. The Bertz CT molecular complexity index is 494. The van der Waals surface area contributed by atoms with Crippen molar-refractivity contribution in [1.29, 1.82) is 0 Å². The minimum Gasteiger partial charge on any atom is -0.486 e. The molecule has 1 aromatic rings. The Hall–Kier alpha value is -1.18. The van der Waals surface area contributed by atoms with Gasteiger partial charge in [-0.2, -0.15) is 0 Å². The Morgan fingerprint density at radius 2 is 1.95 bits per heavy atom. The van der Waals surface area contributed by atoms with Crippen molar-refractivity contribution in [1.82, 2.24) is 10.6 Å². The SMILES string of the molecule is CN=C(NCC1COc2ccccc2O1)NC(C)C(C)C.I. The molecule has 1 heterocycles. The largest absolute Gasteiger partial charge is 0.486 e. The van der Waals surface area contributed by atoms with Crippen LogP contribution in [0.1, 0.15) is 20.8 Å². The third kappa shape index (κ3) is 5.23. The van der Waals surface area contributed by atoms with Crippen LogP contribution in [0, 0.1) is 5.92 Å². The lowest BCUT2D eigenvalue weighted by Gasteiger charge is -2.28. The maximum absolute atomic E-state index is 5.91. The van der Waals surface area contributed by atoms with Crippen LogP contribution in [0.25, 0.3) is 0 Å². The van der Waals surface area contributed by atoms with E-state index in [1.807, 2.05) is 24.3 Å². The Labute approximate surface area is 149 Å². The predicted molar refractivity (Wildman–Crippen MR) is 101 cm³/mol. The average molecular weight is 419 g/mol. The standard InChI is InChI=1S/C16H25N3O2.HI/c1-11(2)12(3)19-16(17-4)18-9-13-10-20-14-7-5-6-8-15(14)21-13;/h5-8,11-13H,9-10H2,1-4H3,(H2,17,18,19);1H. The van der Waals surface area contributed by atoms with Gasteiger partial charge in [0.2, 0.25) is 0 Å². The molecule has 0 aromatic heterocycles. The first kappa shape index (κ1) is 18.9. The highest BCUT2D eigenvalue weighted by molar-refractivity contribution is 14.0. The molecule has 0 amide bonds. The van der Waals surface area contributed by atoms with Gasteiger partial charge in [-0.1, -0.05) is 26.0 Å². The second kappa shape index (κ2) is 9.07. The molecule has 2 unspecified atom stereocenters. The van der Waals surface area contributed by atoms with Crippen LogP contribution in [-0.2, 0) is 0 Å². The van der Waals surface area contributed by atoms with Gasteiger partial charge in [-0.05, 0) is 25.0 Å². The molecule has 0 saturated heterocycles. The van der Waals surface area contributed by atoms with Crippen LogP contribution in [0.3, 0.4) is 0 Å². The molecule has 2 atom stereocenters. The molecule has 5 nitrogen and oxygen atoms in total. The first-order valence-electron chi connectivity index (χ1n) is 7.45. The Morgan fingerprint density at radius 1 is 1.27 bits per heavy atom. The summed E-state index contributed by atoms with van der Waals surface area (Å²) >= 11 is 0. The van der Waals surface area contributed by atoms with Crippen LogP contribution in [0.2, 0.25) is 0 Å². The quantitative estimate of drug-likeness (QED) is 0.448. The van der Waals surface area contributed by atoms with Crippen molar-refractivity contribution < 1.29 is 9.47 Å². The number of benzene rings is 1. The number of nitrogens with zero attached hydrogens (tertiary/aromatic N) is 1. The van der Waals surface area contributed by atoms with E-state index >= 15 is 0 Å². The maximum Gasteiger partial charge on any atom is 0.191 e. The van der Waals surface area contributed by atoms with Gasteiger partial charge in [0.1, 0.15) is 12.7 Å². The molecule has 2 rings (SSSR count). The molecule has 0 radical (unpaired) electrons. The molecule has 6 heteroatoms. The number of nitrogens with one attached hydrogen (secondary N) is 2. The molecule has 0 spiro atoms. The number of ether oxygens (including phenoxy) is 2. The van der Waals surface area contributed by atoms with E-state index in [2.05, 4.69) is 36.4 Å². The van der Waals surface area contributed by atoms with Crippen LogP contribution in [0.5, 0.6) is 11.5 Å². The van der Waals surface area contributed by atoms with Gasteiger partial charge in [0.15, 0.2) is 17.5 Å². The monoisotopic (exact) mass is 419 g/mol. The van der Waals surface area contributed by atoms with Gasteiger partial charge in [0.25, 0.3) is 0 Å². The molecule has 1 aliphatic heterocycles. The van der Waals surface area contributed by atoms with Crippen LogP contribution in [-0.4, -0.2) is 38.3 Å². The summed E-state index contributed by atoms with van der Waals surface area (Å²) in [5.74, 6) is 2.95. The zero-order valence-corrected chi connectivity index (χ0v) is 16.0. The van der Waals surface area contributed by atoms with E-state index in [1.54, 1.807) is 7.05 Å². The summed E-state index contributed by atoms with van der Waals surface area (Å²) in [6, 6.07) is 8.10. The topological polar surface area (TPSA) is 54.9 Å². The smallest absolute Gasteiger partial charge is 0.191 e. The third-order valence-electron chi connectivity index (χ3n) is 3.65. The van der Waals surface area contributed by atoms with Crippen LogP contribution in [0.4, 0.5) is 0 Å². The highest BCUT2D eigenvalue weighted by atomic mass is 127. The first-order valence-corrected chi connectivity index (χ1v) is 7.45. The van der Waals surface area contributed by atoms with Gasteiger partial charge < -0.3 is 20.1 Å². The van der Waals surface area contributed by atoms with E-state index in [-0.39, 0.29) is 30.1 Å². The molecule has 0 saturated carbocycles. The van der Waals surface area contributed by atoms with Gasteiger partial charge >= 0.3 is 0 Å². The van der Waals surface area contributed by atoms with Gasteiger partial charge in [-0.15, -0.1) is 24.0 Å². The minimum atomic E-state index is -0.0205. The number of hydrogen-bond acceptors (Lipinski definition) is 3. The third-order valence-corrected chi connectivity index (χ3v) is 3.65. The fraction of sp³-hybridized carbons (Fsp3) is 0.562. The molecular weight excluding hydrogens is 393 g/mol. The van der Waals surface area contributed by atoms with Crippen LogP contribution < -0.4 is 20.1 Å². The molecule has 2 N–H and O–H groups in total. The van der Waals surface area contributed by atoms with Crippen molar-refractivity contribution in [3.05, 3.63) is 24.3 Å². The van der Waals surface area contributed by atoms with E-state index in [1.165, 1.54) is 0 Å². The lowest BCUT2D eigenvalue weighted by molar-refractivity contribution is 0.0935. The fourth-order valence-electron chi connectivity index (χ4n) is 1.95. The van der Waals surface area contributed by atoms with Gasteiger partial charge in [-0.25, -0.2) is 0 Å². The summed E-state index contributed by atoms with van der Waals surface area (Å²) < 4.78 is 11.6. The number of guanidine groups is 1. The molecule has 22 heavy (non-hydrogen) atoms. The Balaban J connectivity index is 0.00000242. The van der Waals surface area contributed by atoms with Crippen molar-refractivity contribution >= 4 is 29.9 Å². The lowest BCUT2D eigenvalue weighted by atomic mass is 10.1. The number of fused-ring (bicyclic) bond motifs is 1. The van der Waals surface area contributed by atoms with Crippen LogP contribution in [0.15, 0.2) is 29.3 Å². The molecular formula is C16H26IN3O2. The van der Waals surface area contributed by atoms with E-state index in [0.29, 0.717) is 25.1 Å². The van der Waals surface area contributed by atoms with Crippen molar-refractivity contribution in [3.63, 3.8) is 0 Å². The lowest BCUT2D eigenvalue weighted by Crippen LogP contribution is -2.48. The summed E-state index contributed by atoms with van der Waals surface area (Å²) in [5.41, 5.74) is 0. The zero-order valence-electron chi connectivity index (χ0n) is 13.6. The van der Waals surface area contributed by atoms with E-state index in [4.69, 9.17) is 9.47 Å². The number of aliphatic imine (C=N–C) groups is 1. The predicted octanol–water partition coefficient (Wildman–Crippen LogP) is 2.65. The number of halogens is 1. The van der Waals surface area contributed by atoms with Crippen LogP contribution >= 0.6 is 24.0 Å². The molecule has 0 fully saturated rings. The number of rotatable bonds is 4. The zero-order chi connectivity index (χ0) is 15.2.